The summed E-state index contributed by atoms with van der Waals surface area (Å²) < 4.78 is 2.12. The molecule has 1 fully saturated rings. The first-order chi connectivity index (χ1) is 9.20. The fourth-order valence-corrected chi connectivity index (χ4v) is 3.04. The fraction of sp³-hybridized carbons (Fsp3) is 0.500. The molecule has 5 heteroatoms. The third-order valence-electron chi connectivity index (χ3n) is 4.00. The number of carboxylic acid groups (broad SMARTS) is 1. The van der Waals surface area contributed by atoms with Crippen LogP contribution in [0.3, 0.4) is 0 Å². The topological polar surface area (TPSA) is 68.0 Å². The molecule has 1 saturated carbocycles. The van der Waals surface area contributed by atoms with Gasteiger partial charge in [0.15, 0.2) is 5.65 Å². The summed E-state index contributed by atoms with van der Waals surface area (Å²) in [4.78, 5) is 20.1. The summed E-state index contributed by atoms with van der Waals surface area (Å²) in [6.45, 7) is 2.89. The maximum absolute atomic E-state index is 11.1. The lowest BCUT2D eigenvalue weighted by Gasteiger charge is -2.11. The van der Waals surface area contributed by atoms with Crippen LogP contribution in [0.2, 0.25) is 0 Å². The Balaban J connectivity index is 1.99. The molecular weight excluding hydrogens is 242 g/mol. The van der Waals surface area contributed by atoms with E-state index in [2.05, 4.69) is 21.5 Å². The Bertz CT molecular complexity index is 620. The third-order valence-corrected chi connectivity index (χ3v) is 4.00. The molecule has 1 aliphatic carbocycles. The molecule has 0 spiro atoms. The number of nitrogens with zero attached hydrogens (tertiary/aromatic N) is 3. The van der Waals surface area contributed by atoms with Crippen LogP contribution in [-0.4, -0.2) is 25.6 Å². The van der Waals surface area contributed by atoms with E-state index in [1.165, 1.54) is 0 Å². The van der Waals surface area contributed by atoms with E-state index in [9.17, 15) is 4.79 Å². The molecule has 19 heavy (non-hydrogen) atoms. The normalized spacial score (nSPS) is 23.0. The van der Waals surface area contributed by atoms with Crippen molar-refractivity contribution in [1.29, 1.82) is 0 Å². The van der Waals surface area contributed by atoms with Crippen LogP contribution in [0.4, 0.5) is 0 Å². The summed E-state index contributed by atoms with van der Waals surface area (Å²) in [6.07, 6.45) is 4.12. The van der Waals surface area contributed by atoms with Crippen LogP contribution < -0.4 is 0 Å². The molecule has 0 radical (unpaired) electrons. The van der Waals surface area contributed by atoms with Gasteiger partial charge in [-0.2, -0.15) is 0 Å². The Kier molecular flexibility index (Phi) is 2.97. The second kappa shape index (κ2) is 4.64. The standard InChI is InChI=1S/C14H17N3O2/c1-2-17-12(9-5-6-10(8-9)14(18)19)16-11-4-3-7-15-13(11)17/h3-4,7,9-10H,2,5-6,8H2,1H3,(H,18,19). The first kappa shape index (κ1) is 12.1. The van der Waals surface area contributed by atoms with Gasteiger partial charge >= 0.3 is 5.97 Å². The molecule has 3 rings (SSSR count). The molecule has 2 atom stereocenters. The minimum Gasteiger partial charge on any atom is -0.481 e. The van der Waals surface area contributed by atoms with Gasteiger partial charge in [0, 0.05) is 18.7 Å². The molecule has 2 heterocycles. The number of pyridine rings is 1. The first-order valence-corrected chi connectivity index (χ1v) is 6.74. The van der Waals surface area contributed by atoms with E-state index in [0.29, 0.717) is 6.42 Å². The van der Waals surface area contributed by atoms with Crippen molar-refractivity contribution in [2.24, 2.45) is 5.92 Å². The maximum Gasteiger partial charge on any atom is 0.306 e. The number of rotatable bonds is 3. The summed E-state index contributed by atoms with van der Waals surface area (Å²) in [5.74, 6) is 0.345. The molecule has 0 aromatic carbocycles. The van der Waals surface area contributed by atoms with Crippen molar-refractivity contribution in [3.05, 3.63) is 24.2 Å². The molecular formula is C14H17N3O2. The van der Waals surface area contributed by atoms with Crippen molar-refractivity contribution < 1.29 is 9.90 Å². The second-order valence-electron chi connectivity index (χ2n) is 5.11. The smallest absolute Gasteiger partial charge is 0.306 e. The van der Waals surface area contributed by atoms with Crippen LogP contribution in [0.1, 0.15) is 37.9 Å². The van der Waals surface area contributed by atoms with Crippen molar-refractivity contribution in [2.45, 2.75) is 38.6 Å². The molecule has 0 saturated heterocycles. The SMILES string of the molecule is CCn1c(C2CCC(C(=O)O)C2)nc2cccnc21. The number of hydrogen-bond acceptors (Lipinski definition) is 3. The lowest BCUT2D eigenvalue weighted by Crippen LogP contribution is -2.11. The van der Waals surface area contributed by atoms with E-state index >= 15 is 0 Å². The Morgan fingerprint density at radius 1 is 1.53 bits per heavy atom. The fourth-order valence-electron chi connectivity index (χ4n) is 3.04. The lowest BCUT2D eigenvalue weighted by atomic mass is 10.0. The Labute approximate surface area is 111 Å². The highest BCUT2D eigenvalue weighted by atomic mass is 16.4. The van der Waals surface area contributed by atoms with Gasteiger partial charge in [-0.25, -0.2) is 9.97 Å². The number of imidazole rings is 1. The molecule has 1 aliphatic rings. The quantitative estimate of drug-likeness (QED) is 0.919. The molecule has 100 valence electrons. The Morgan fingerprint density at radius 3 is 3.05 bits per heavy atom. The first-order valence-electron chi connectivity index (χ1n) is 6.74. The van der Waals surface area contributed by atoms with E-state index in [0.717, 1.165) is 36.4 Å². The summed E-state index contributed by atoms with van der Waals surface area (Å²) in [5.41, 5.74) is 1.80. The van der Waals surface area contributed by atoms with Gasteiger partial charge in [0.25, 0.3) is 0 Å². The van der Waals surface area contributed by atoms with Gasteiger partial charge in [-0.05, 0) is 38.3 Å². The number of carbonyl (C=O) groups is 1. The summed E-state index contributed by atoms with van der Waals surface area (Å²) in [6, 6.07) is 3.84. The van der Waals surface area contributed by atoms with E-state index in [1.807, 2.05) is 12.1 Å². The van der Waals surface area contributed by atoms with Gasteiger partial charge in [-0.3, -0.25) is 4.79 Å². The van der Waals surface area contributed by atoms with Crippen LogP contribution in [0.15, 0.2) is 18.3 Å². The number of aryl methyl sites for hydroxylation is 1. The third kappa shape index (κ3) is 1.99. The average molecular weight is 259 g/mol. The molecule has 5 nitrogen and oxygen atoms in total. The minimum absolute atomic E-state index is 0.219. The van der Waals surface area contributed by atoms with Crippen molar-refractivity contribution >= 4 is 17.1 Å². The van der Waals surface area contributed by atoms with Crippen LogP contribution >= 0.6 is 0 Å². The number of carboxylic acids is 1. The highest BCUT2D eigenvalue weighted by Crippen LogP contribution is 2.38. The van der Waals surface area contributed by atoms with Gasteiger partial charge in [0.2, 0.25) is 0 Å². The summed E-state index contributed by atoms with van der Waals surface area (Å²) in [5, 5.41) is 9.10. The minimum atomic E-state index is -0.681. The van der Waals surface area contributed by atoms with Crippen molar-refractivity contribution in [2.75, 3.05) is 0 Å². The average Bonchev–Trinajstić information content (AvgIpc) is 3.02. The molecule has 2 aromatic heterocycles. The number of fused-ring (bicyclic) bond motifs is 1. The van der Waals surface area contributed by atoms with Crippen molar-refractivity contribution in [1.82, 2.24) is 14.5 Å². The molecule has 0 amide bonds. The van der Waals surface area contributed by atoms with Gasteiger partial charge in [0.1, 0.15) is 11.3 Å². The lowest BCUT2D eigenvalue weighted by molar-refractivity contribution is -0.141. The second-order valence-corrected chi connectivity index (χ2v) is 5.11. The molecule has 2 aromatic rings. The van der Waals surface area contributed by atoms with Gasteiger partial charge in [0.05, 0.1) is 5.92 Å². The largest absolute Gasteiger partial charge is 0.481 e. The van der Waals surface area contributed by atoms with E-state index in [1.54, 1.807) is 6.20 Å². The van der Waals surface area contributed by atoms with Crippen molar-refractivity contribution in [3.63, 3.8) is 0 Å². The molecule has 0 aliphatic heterocycles. The van der Waals surface area contributed by atoms with Crippen LogP contribution in [-0.2, 0) is 11.3 Å². The maximum atomic E-state index is 11.1. The van der Waals surface area contributed by atoms with Crippen LogP contribution in [0, 0.1) is 5.92 Å². The predicted octanol–water partition coefficient (Wildman–Crippen LogP) is 2.42. The van der Waals surface area contributed by atoms with Gasteiger partial charge in [-0.15, -0.1) is 0 Å². The van der Waals surface area contributed by atoms with Gasteiger partial charge < -0.3 is 9.67 Å². The van der Waals surface area contributed by atoms with E-state index in [-0.39, 0.29) is 11.8 Å². The predicted molar refractivity (Wildman–Crippen MR) is 70.9 cm³/mol. The number of hydrogen-bond donors (Lipinski definition) is 1. The van der Waals surface area contributed by atoms with Crippen molar-refractivity contribution in [3.8, 4) is 0 Å². The summed E-state index contributed by atoms with van der Waals surface area (Å²) >= 11 is 0. The number of aliphatic carboxylic acids is 1. The molecule has 1 N–H and O–H groups in total. The number of aromatic nitrogens is 3. The Morgan fingerprint density at radius 2 is 2.37 bits per heavy atom. The molecule has 2 unspecified atom stereocenters. The Hall–Kier alpha value is -1.91. The van der Waals surface area contributed by atoms with E-state index < -0.39 is 5.97 Å². The highest BCUT2D eigenvalue weighted by Gasteiger charge is 2.33. The zero-order chi connectivity index (χ0) is 13.4. The van der Waals surface area contributed by atoms with Crippen LogP contribution in [0.25, 0.3) is 11.2 Å². The summed E-state index contributed by atoms with van der Waals surface area (Å²) in [7, 11) is 0. The molecule has 0 bridgehead atoms. The van der Waals surface area contributed by atoms with E-state index in [4.69, 9.17) is 5.11 Å². The zero-order valence-electron chi connectivity index (χ0n) is 10.9. The monoisotopic (exact) mass is 259 g/mol. The highest BCUT2D eigenvalue weighted by molar-refractivity contribution is 5.72. The van der Waals surface area contributed by atoms with Gasteiger partial charge in [-0.1, -0.05) is 0 Å². The van der Waals surface area contributed by atoms with Crippen LogP contribution in [0.5, 0.6) is 0 Å². The zero-order valence-corrected chi connectivity index (χ0v) is 10.9.